The predicted octanol–water partition coefficient (Wildman–Crippen LogP) is 5.53. The summed E-state index contributed by atoms with van der Waals surface area (Å²) in [5, 5.41) is 13.1. The van der Waals surface area contributed by atoms with Crippen LogP contribution in [0.5, 0.6) is 5.75 Å². The van der Waals surface area contributed by atoms with Crippen molar-refractivity contribution < 1.29 is 13.9 Å². The number of nitrogens with one attached hydrogen (secondary N) is 1. The third-order valence-electron chi connectivity index (χ3n) is 5.89. The Morgan fingerprint density at radius 1 is 1.13 bits per heavy atom. The minimum Gasteiger partial charge on any atom is -0.489 e. The van der Waals surface area contributed by atoms with Crippen LogP contribution in [0.1, 0.15) is 50.7 Å². The highest BCUT2D eigenvalue weighted by Gasteiger charge is 2.41. The topological polar surface area (TPSA) is 62.1 Å². The molecule has 0 fully saturated rings. The zero-order chi connectivity index (χ0) is 22.2. The summed E-state index contributed by atoms with van der Waals surface area (Å²) in [6, 6.07) is 16.0. The molecule has 1 atom stereocenters. The number of ketones is 1. The summed E-state index contributed by atoms with van der Waals surface area (Å²) in [5.41, 5.74) is 4.68. The molecule has 0 bridgehead atoms. The van der Waals surface area contributed by atoms with Gasteiger partial charge in [-0.1, -0.05) is 38.1 Å². The maximum atomic E-state index is 13.1. The van der Waals surface area contributed by atoms with Crippen LogP contribution in [-0.4, -0.2) is 5.78 Å². The molecule has 4 nitrogen and oxygen atoms in total. The van der Waals surface area contributed by atoms with Crippen molar-refractivity contribution >= 4 is 5.78 Å². The number of carbonyl (C=O) groups excluding carboxylic acids is 1. The number of allylic oxidation sites excluding steroid dienone is 4. The van der Waals surface area contributed by atoms with Crippen molar-refractivity contribution in [2.45, 2.75) is 46.1 Å². The Labute approximate surface area is 182 Å². The van der Waals surface area contributed by atoms with Crippen molar-refractivity contribution in [1.82, 2.24) is 5.32 Å². The van der Waals surface area contributed by atoms with Gasteiger partial charge in [0.1, 0.15) is 18.2 Å². The van der Waals surface area contributed by atoms with Crippen molar-refractivity contribution in [2.75, 3.05) is 0 Å². The number of carbonyl (C=O) groups is 1. The molecule has 1 N–H and O–H groups in total. The smallest absolute Gasteiger partial charge is 0.162 e. The van der Waals surface area contributed by atoms with Crippen molar-refractivity contribution in [3.05, 3.63) is 88.0 Å². The van der Waals surface area contributed by atoms with Crippen molar-refractivity contribution in [2.24, 2.45) is 5.41 Å². The minimum absolute atomic E-state index is 0.0978. The predicted molar refractivity (Wildman–Crippen MR) is 116 cm³/mol. The lowest BCUT2D eigenvalue weighted by Crippen LogP contribution is -2.36. The summed E-state index contributed by atoms with van der Waals surface area (Å²) in [5.74, 6) is 0.129. The largest absolute Gasteiger partial charge is 0.489 e. The molecule has 0 saturated carbocycles. The average molecular weight is 416 g/mol. The Morgan fingerprint density at radius 3 is 2.45 bits per heavy atom. The van der Waals surface area contributed by atoms with Crippen molar-refractivity contribution in [1.29, 1.82) is 5.26 Å². The minimum atomic E-state index is -0.365. The van der Waals surface area contributed by atoms with E-state index >= 15 is 0 Å². The number of ether oxygens (including phenoxy) is 1. The molecular formula is C26H25FN2O2. The van der Waals surface area contributed by atoms with E-state index in [0.717, 1.165) is 28.9 Å². The molecule has 2 aromatic carbocycles. The maximum Gasteiger partial charge on any atom is 0.162 e. The van der Waals surface area contributed by atoms with E-state index in [9.17, 15) is 14.4 Å². The summed E-state index contributed by atoms with van der Waals surface area (Å²) in [7, 11) is 0. The van der Waals surface area contributed by atoms with E-state index in [-0.39, 0.29) is 22.9 Å². The number of dihydropyridines is 1. The number of nitrogens with zero attached hydrogens (tertiary/aromatic N) is 1. The number of nitriles is 1. The molecule has 0 spiro atoms. The molecule has 31 heavy (non-hydrogen) atoms. The summed E-state index contributed by atoms with van der Waals surface area (Å²) in [6.45, 7) is 6.41. The summed E-state index contributed by atoms with van der Waals surface area (Å²) < 4.78 is 18.9. The van der Waals surface area contributed by atoms with Gasteiger partial charge in [0, 0.05) is 23.4 Å². The number of halogens is 1. The van der Waals surface area contributed by atoms with Gasteiger partial charge in [0.05, 0.1) is 17.6 Å². The van der Waals surface area contributed by atoms with Crippen LogP contribution < -0.4 is 10.1 Å². The number of hydrogen-bond donors (Lipinski definition) is 1. The van der Waals surface area contributed by atoms with Gasteiger partial charge in [-0.2, -0.15) is 5.26 Å². The van der Waals surface area contributed by atoms with Crippen LogP contribution in [0.2, 0.25) is 0 Å². The van der Waals surface area contributed by atoms with Gasteiger partial charge in [-0.25, -0.2) is 4.39 Å². The van der Waals surface area contributed by atoms with E-state index < -0.39 is 0 Å². The van der Waals surface area contributed by atoms with E-state index in [0.29, 0.717) is 29.9 Å². The van der Waals surface area contributed by atoms with Gasteiger partial charge in [0.2, 0.25) is 0 Å². The van der Waals surface area contributed by atoms with Crippen LogP contribution in [-0.2, 0) is 11.4 Å². The highest BCUT2D eigenvalue weighted by atomic mass is 19.1. The molecule has 2 aliphatic rings. The van der Waals surface area contributed by atoms with Gasteiger partial charge >= 0.3 is 0 Å². The second-order valence-electron chi connectivity index (χ2n) is 9.03. The molecule has 0 aromatic heterocycles. The lowest BCUT2D eigenvalue weighted by atomic mass is 9.69. The molecule has 4 rings (SSSR count). The first-order chi connectivity index (χ1) is 14.8. The Bertz CT molecular complexity index is 1120. The fraction of sp³-hybridized carbons (Fsp3) is 0.308. The second kappa shape index (κ2) is 8.03. The quantitative estimate of drug-likeness (QED) is 0.712. The first kappa shape index (κ1) is 20.9. The van der Waals surface area contributed by atoms with Gasteiger partial charge in [-0.05, 0) is 54.2 Å². The van der Waals surface area contributed by atoms with Gasteiger partial charge in [-0.3, -0.25) is 4.79 Å². The zero-order valence-electron chi connectivity index (χ0n) is 18.0. The lowest BCUT2D eigenvalue weighted by Gasteiger charge is -2.38. The van der Waals surface area contributed by atoms with Crippen LogP contribution >= 0.6 is 0 Å². The standard InChI is InChI=1S/C26H25FN2O2/c1-16-21(14-28)24(25-22(29-16)12-26(2,3)13-23(25)30)18-6-10-20(11-7-18)31-15-17-4-8-19(27)9-5-17/h4-11,24,29H,12-13,15H2,1-3H3. The second-order valence-corrected chi connectivity index (χ2v) is 9.03. The van der Waals surface area contributed by atoms with E-state index in [1.54, 1.807) is 12.1 Å². The molecule has 5 heteroatoms. The highest BCUT2D eigenvalue weighted by molar-refractivity contribution is 6.00. The van der Waals surface area contributed by atoms with Crippen molar-refractivity contribution in [3.8, 4) is 11.8 Å². The third-order valence-corrected chi connectivity index (χ3v) is 5.89. The third kappa shape index (κ3) is 4.25. The molecular weight excluding hydrogens is 391 g/mol. The molecule has 1 aliphatic carbocycles. The van der Waals surface area contributed by atoms with Crippen LogP contribution in [0.4, 0.5) is 4.39 Å². The zero-order valence-corrected chi connectivity index (χ0v) is 18.0. The monoisotopic (exact) mass is 416 g/mol. The maximum absolute atomic E-state index is 13.1. The van der Waals surface area contributed by atoms with E-state index in [4.69, 9.17) is 4.74 Å². The summed E-state index contributed by atoms with van der Waals surface area (Å²) in [4.78, 5) is 13.1. The van der Waals surface area contributed by atoms with Crippen LogP contribution in [0.3, 0.4) is 0 Å². The fourth-order valence-electron chi connectivity index (χ4n) is 4.42. The van der Waals surface area contributed by atoms with Crippen molar-refractivity contribution in [3.63, 3.8) is 0 Å². The van der Waals surface area contributed by atoms with Crippen LogP contribution in [0.25, 0.3) is 0 Å². The number of rotatable bonds is 4. The van der Waals surface area contributed by atoms with Crippen LogP contribution in [0.15, 0.2) is 71.1 Å². The Balaban J connectivity index is 1.61. The molecule has 0 amide bonds. The molecule has 1 unspecified atom stereocenters. The Hall–Kier alpha value is -3.39. The SMILES string of the molecule is CC1=C(C#N)C(c2ccc(OCc3ccc(F)cc3)cc2)C2=C(CC(C)(C)CC2=O)N1. The molecule has 1 heterocycles. The fourth-order valence-corrected chi connectivity index (χ4v) is 4.42. The van der Waals surface area contributed by atoms with E-state index in [2.05, 4.69) is 25.2 Å². The number of benzene rings is 2. The van der Waals surface area contributed by atoms with Gasteiger partial charge in [0.15, 0.2) is 5.78 Å². The first-order valence-electron chi connectivity index (χ1n) is 10.4. The van der Waals surface area contributed by atoms with E-state index in [1.165, 1.54) is 12.1 Å². The molecule has 0 radical (unpaired) electrons. The normalized spacial score (nSPS) is 20.1. The van der Waals surface area contributed by atoms with Gasteiger partial charge in [-0.15, -0.1) is 0 Å². The lowest BCUT2D eigenvalue weighted by molar-refractivity contribution is -0.118. The number of hydrogen-bond acceptors (Lipinski definition) is 4. The van der Waals surface area contributed by atoms with Gasteiger partial charge in [0.25, 0.3) is 0 Å². The molecule has 2 aromatic rings. The summed E-state index contributed by atoms with van der Waals surface area (Å²) >= 11 is 0. The molecule has 0 saturated heterocycles. The first-order valence-corrected chi connectivity index (χ1v) is 10.4. The Kier molecular flexibility index (Phi) is 5.41. The Morgan fingerprint density at radius 2 is 1.81 bits per heavy atom. The summed E-state index contributed by atoms with van der Waals surface area (Å²) in [6.07, 6.45) is 1.25. The molecule has 1 aliphatic heterocycles. The van der Waals surface area contributed by atoms with Crippen LogP contribution in [0, 0.1) is 22.6 Å². The molecule has 158 valence electrons. The number of Topliss-reactive ketones (excluding diaryl/α,β-unsaturated/α-hetero) is 1. The average Bonchev–Trinajstić information content (AvgIpc) is 2.72. The van der Waals surface area contributed by atoms with Gasteiger partial charge < -0.3 is 10.1 Å². The highest BCUT2D eigenvalue weighted by Crippen LogP contribution is 2.46. The van der Waals surface area contributed by atoms with E-state index in [1.807, 2.05) is 31.2 Å².